The Morgan fingerprint density at radius 1 is 1.11 bits per heavy atom. The van der Waals surface area contributed by atoms with Gasteiger partial charge < -0.3 is 16.2 Å². The van der Waals surface area contributed by atoms with Gasteiger partial charge in [-0.2, -0.15) is 0 Å². The van der Waals surface area contributed by atoms with Gasteiger partial charge in [0.1, 0.15) is 0 Å². The predicted octanol–water partition coefficient (Wildman–Crippen LogP) is 3.03. The van der Waals surface area contributed by atoms with Gasteiger partial charge in [0, 0.05) is 17.9 Å². The minimum atomic E-state index is -0.540. The molecule has 0 heterocycles. The number of anilines is 2. The lowest BCUT2D eigenvalue weighted by molar-refractivity contribution is 0.191. The van der Waals surface area contributed by atoms with Gasteiger partial charge in [-0.05, 0) is 43.2 Å². The van der Waals surface area contributed by atoms with Gasteiger partial charge in [0.05, 0.1) is 6.10 Å². The third-order valence-electron chi connectivity index (χ3n) is 3.19. The van der Waals surface area contributed by atoms with Gasteiger partial charge in [-0.25, -0.2) is 0 Å². The summed E-state index contributed by atoms with van der Waals surface area (Å²) in [5, 5.41) is 13.4. The lowest BCUT2D eigenvalue weighted by Gasteiger charge is -2.15. The van der Waals surface area contributed by atoms with Gasteiger partial charge in [0.25, 0.3) is 0 Å². The fourth-order valence-corrected chi connectivity index (χ4v) is 2.05. The van der Waals surface area contributed by atoms with Crippen LogP contribution in [0.25, 0.3) is 0 Å². The van der Waals surface area contributed by atoms with E-state index < -0.39 is 6.10 Å². The number of aliphatic hydroxyl groups is 1. The van der Waals surface area contributed by atoms with Crippen LogP contribution in [-0.2, 0) is 0 Å². The molecule has 0 amide bonds. The number of rotatable bonds is 4. The van der Waals surface area contributed by atoms with Crippen LogP contribution in [0.5, 0.6) is 0 Å². The minimum absolute atomic E-state index is 0.480. The Balaban J connectivity index is 2.00. The van der Waals surface area contributed by atoms with Crippen molar-refractivity contribution in [3.8, 4) is 0 Å². The average molecular weight is 256 g/mol. The van der Waals surface area contributed by atoms with E-state index in [1.54, 1.807) is 12.1 Å². The highest BCUT2D eigenvalue weighted by Crippen LogP contribution is 2.19. The summed E-state index contributed by atoms with van der Waals surface area (Å²) in [5.74, 6) is 0. The Labute approximate surface area is 114 Å². The standard InChI is InChI=1S/C16H20N2O/c1-11-3-8-15(12(2)9-11)18-10-16(19)13-4-6-14(17)7-5-13/h3-9,16,18-19H,10,17H2,1-2H3. The topological polar surface area (TPSA) is 58.3 Å². The molecule has 3 nitrogen and oxygen atoms in total. The second kappa shape index (κ2) is 5.76. The zero-order chi connectivity index (χ0) is 13.8. The summed E-state index contributed by atoms with van der Waals surface area (Å²) in [4.78, 5) is 0. The number of nitrogens with two attached hydrogens (primary N) is 1. The third-order valence-corrected chi connectivity index (χ3v) is 3.19. The molecule has 1 unspecified atom stereocenters. The van der Waals surface area contributed by atoms with Crippen molar-refractivity contribution in [3.63, 3.8) is 0 Å². The largest absolute Gasteiger partial charge is 0.399 e. The smallest absolute Gasteiger partial charge is 0.0962 e. The van der Waals surface area contributed by atoms with Crippen molar-refractivity contribution in [3.05, 3.63) is 59.2 Å². The first kappa shape index (κ1) is 13.4. The first-order chi connectivity index (χ1) is 9.06. The number of hydrogen-bond donors (Lipinski definition) is 3. The van der Waals surface area contributed by atoms with E-state index in [9.17, 15) is 5.11 Å². The van der Waals surface area contributed by atoms with Crippen LogP contribution in [0, 0.1) is 13.8 Å². The molecule has 0 aliphatic rings. The maximum Gasteiger partial charge on any atom is 0.0962 e. The highest BCUT2D eigenvalue weighted by atomic mass is 16.3. The zero-order valence-corrected chi connectivity index (χ0v) is 11.4. The summed E-state index contributed by atoms with van der Waals surface area (Å²) in [6.07, 6.45) is -0.540. The normalized spacial score (nSPS) is 12.2. The molecule has 0 spiro atoms. The van der Waals surface area contributed by atoms with Gasteiger partial charge in [-0.15, -0.1) is 0 Å². The fourth-order valence-electron chi connectivity index (χ4n) is 2.05. The van der Waals surface area contributed by atoms with Crippen molar-refractivity contribution >= 4 is 11.4 Å². The van der Waals surface area contributed by atoms with E-state index >= 15 is 0 Å². The second-order valence-electron chi connectivity index (χ2n) is 4.88. The van der Waals surface area contributed by atoms with Crippen LogP contribution in [0.1, 0.15) is 22.8 Å². The SMILES string of the molecule is Cc1ccc(NCC(O)c2ccc(N)cc2)c(C)c1. The maximum absolute atomic E-state index is 10.1. The number of benzene rings is 2. The van der Waals surface area contributed by atoms with Gasteiger partial charge >= 0.3 is 0 Å². The Bertz CT molecular complexity index is 549. The molecule has 0 fully saturated rings. The first-order valence-corrected chi connectivity index (χ1v) is 6.41. The Morgan fingerprint density at radius 3 is 2.42 bits per heavy atom. The van der Waals surface area contributed by atoms with E-state index in [0.717, 1.165) is 11.3 Å². The molecule has 0 bridgehead atoms. The number of nitrogen functional groups attached to an aromatic ring is 1. The van der Waals surface area contributed by atoms with E-state index in [4.69, 9.17) is 5.73 Å². The molecule has 2 aromatic rings. The van der Waals surface area contributed by atoms with Crippen LogP contribution in [0.4, 0.5) is 11.4 Å². The summed E-state index contributed by atoms with van der Waals surface area (Å²) in [6.45, 7) is 4.61. The number of nitrogens with one attached hydrogen (secondary N) is 1. The van der Waals surface area contributed by atoms with Gasteiger partial charge in [0.15, 0.2) is 0 Å². The highest BCUT2D eigenvalue weighted by molar-refractivity contribution is 5.52. The monoisotopic (exact) mass is 256 g/mol. The van der Waals surface area contributed by atoms with Gasteiger partial charge in [0.2, 0.25) is 0 Å². The van der Waals surface area contributed by atoms with E-state index in [2.05, 4.69) is 31.3 Å². The lowest BCUT2D eigenvalue weighted by atomic mass is 10.1. The van der Waals surface area contributed by atoms with Crippen LogP contribution in [0.3, 0.4) is 0 Å². The van der Waals surface area contributed by atoms with E-state index in [-0.39, 0.29) is 0 Å². The molecule has 0 saturated heterocycles. The Kier molecular flexibility index (Phi) is 4.07. The lowest BCUT2D eigenvalue weighted by Crippen LogP contribution is -2.12. The summed E-state index contributed by atoms with van der Waals surface area (Å²) in [6, 6.07) is 13.5. The minimum Gasteiger partial charge on any atom is -0.399 e. The van der Waals surface area contributed by atoms with E-state index in [1.807, 2.05) is 18.2 Å². The molecule has 0 saturated carbocycles. The van der Waals surface area contributed by atoms with Crippen LogP contribution in [0.2, 0.25) is 0 Å². The van der Waals surface area contributed by atoms with Gasteiger partial charge in [-0.3, -0.25) is 0 Å². The fraction of sp³-hybridized carbons (Fsp3) is 0.250. The molecule has 1 atom stereocenters. The molecule has 4 N–H and O–H groups in total. The quantitative estimate of drug-likeness (QED) is 0.737. The van der Waals surface area contributed by atoms with Crippen molar-refractivity contribution in [2.45, 2.75) is 20.0 Å². The van der Waals surface area contributed by atoms with Crippen LogP contribution in [-0.4, -0.2) is 11.7 Å². The summed E-state index contributed by atoms with van der Waals surface area (Å²) in [7, 11) is 0. The molecule has 0 radical (unpaired) electrons. The maximum atomic E-state index is 10.1. The van der Waals surface area contributed by atoms with Crippen LogP contribution in [0.15, 0.2) is 42.5 Å². The van der Waals surface area contributed by atoms with E-state index in [0.29, 0.717) is 12.2 Å². The molecular formula is C16H20N2O. The molecule has 3 heteroatoms. The van der Waals surface area contributed by atoms with Crippen LogP contribution >= 0.6 is 0 Å². The van der Waals surface area contributed by atoms with Crippen LogP contribution < -0.4 is 11.1 Å². The van der Waals surface area contributed by atoms with E-state index in [1.165, 1.54) is 11.1 Å². The number of hydrogen-bond acceptors (Lipinski definition) is 3. The molecule has 100 valence electrons. The van der Waals surface area contributed by atoms with Crippen molar-refractivity contribution in [2.24, 2.45) is 0 Å². The molecule has 0 aliphatic heterocycles. The molecule has 19 heavy (non-hydrogen) atoms. The number of aliphatic hydroxyl groups excluding tert-OH is 1. The Morgan fingerprint density at radius 2 is 1.79 bits per heavy atom. The first-order valence-electron chi connectivity index (χ1n) is 6.41. The highest BCUT2D eigenvalue weighted by Gasteiger charge is 2.07. The molecule has 2 rings (SSSR count). The summed E-state index contributed by atoms with van der Waals surface area (Å²) >= 11 is 0. The van der Waals surface area contributed by atoms with Crippen molar-refractivity contribution in [1.29, 1.82) is 0 Å². The predicted molar refractivity (Wildman–Crippen MR) is 80.2 cm³/mol. The summed E-state index contributed by atoms with van der Waals surface area (Å²) < 4.78 is 0. The van der Waals surface area contributed by atoms with Crippen molar-refractivity contribution in [1.82, 2.24) is 0 Å². The third kappa shape index (κ3) is 3.48. The molecule has 0 aliphatic carbocycles. The second-order valence-corrected chi connectivity index (χ2v) is 4.88. The zero-order valence-electron chi connectivity index (χ0n) is 11.4. The molecule has 0 aromatic heterocycles. The van der Waals surface area contributed by atoms with Crippen molar-refractivity contribution in [2.75, 3.05) is 17.6 Å². The molecule has 2 aromatic carbocycles. The average Bonchev–Trinajstić information content (AvgIpc) is 2.38. The van der Waals surface area contributed by atoms with Gasteiger partial charge in [-0.1, -0.05) is 29.8 Å². The molecular weight excluding hydrogens is 236 g/mol. The Hall–Kier alpha value is -2.00. The van der Waals surface area contributed by atoms with Crippen molar-refractivity contribution < 1.29 is 5.11 Å². The summed E-state index contributed by atoms with van der Waals surface area (Å²) in [5.41, 5.74) is 10.7. The number of aryl methyl sites for hydroxylation is 2.